The molecule has 4 heterocycles. The van der Waals surface area contributed by atoms with E-state index in [4.69, 9.17) is 9.47 Å². The minimum atomic E-state index is 0.185. The molecule has 0 radical (unpaired) electrons. The lowest BCUT2D eigenvalue weighted by molar-refractivity contribution is -0.647. The van der Waals surface area contributed by atoms with Crippen LogP contribution in [0, 0.1) is 0 Å². The first-order valence-electron chi connectivity index (χ1n) is 20.1. The lowest BCUT2D eigenvalue weighted by Crippen LogP contribution is -2.40. The van der Waals surface area contributed by atoms with E-state index in [1.807, 2.05) is 21.6 Å². The zero-order valence-corrected chi connectivity index (χ0v) is 34.9. The Bertz CT molecular complexity index is 2200. The van der Waals surface area contributed by atoms with Crippen molar-refractivity contribution in [3.05, 3.63) is 108 Å². The highest BCUT2D eigenvalue weighted by atomic mass is 33.1. The van der Waals surface area contributed by atoms with E-state index in [1.54, 1.807) is 0 Å². The Kier molecular flexibility index (Phi) is 12.0. The first-order valence-corrected chi connectivity index (χ1v) is 22.6. The van der Waals surface area contributed by atoms with E-state index in [-0.39, 0.29) is 6.17 Å². The number of hydrogen-bond acceptors (Lipinski definition) is 8. The molecule has 5 aromatic rings. The molecule has 10 heteroatoms. The Hall–Kier alpha value is -4.67. The van der Waals surface area contributed by atoms with Gasteiger partial charge in [0, 0.05) is 45.3 Å². The summed E-state index contributed by atoms with van der Waals surface area (Å²) in [6.45, 7) is 5.36. The van der Waals surface area contributed by atoms with Crippen LogP contribution in [0.3, 0.4) is 0 Å². The van der Waals surface area contributed by atoms with Crippen LogP contribution in [0.2, 0.25) is 0 Å². The number of rotatable bonds is 15. The standard InChI is InChI=1S/C46H55N6O2S2/c1-47-27-29-53-43-33-35(17-21-41(43)47)19-23-45-49(3)37-13-5-7-15-39(37)51(45)25-9-11-31-55-56-32-12-10-26-52-40-16-8-6-14-38(40)50(4)46(52)24-20-36-18-22-42-44(34-36)54-30-28-48(42)2/h5-8,13-24,33-34,45H,9-12,25-32H2,1-4H3/q+1. The molecule has 8 rings (SSSR count). The number of nitrogens with zero attached hydrogens (tertiary/aromatic N) is 6. The summed E-state index contributed by atoms with van der Waals surface area (Å²) in [4.78, 5) is 9.50. The monoisotopic (exact) mass is 787 g/mol. The highest BCUT2D eigenvalue weighted by Crippen LogP contribution is 2.40. The Morgan fingerprint density at radius 3 is 1.96 bits per heavy atom. The molecule has 0 spiro atoms. The normalized spacial score (nSPS) is 16.5. The zero-order chi connectivity index (χ0) is 38.4. The van der Waals surface area contributed by atoms with Crippen LogP contribution in [0.5, 0.6) is 11.5 Å². The number of benzene rings is 4. The third-order valence-electron chi connectivity index (χ3n) is 11.3. The third-order valence-corrected chi connectivity index (χ3v) is 13.9. The average molecular weight is 788 g/mol. The van der Waals surface area contributed by atoms with Gasteiger partial charge in [0.2, 0.25) is 0 Å². The van der Waals surface area contributed by atoms with Gasteiger partial charge in [0.15, 0.2) is 11.0 Å². The van der Waals surface area contributed by atoms with Crippen molar-refractivity contribution < 1.29 is 14.0 Å². The van der Waals surface area contributed by atoms with Gasteiger partial charge in [-0.3, -0.25) is 0 Å². The van der Waals surface area contributed by atoms with Gasteiger partial charge in [-0.05, 0) is 97.5 Å². The Balaban J connectivity index is 0.805. The molecule has 0 amide bonds. The van der Waals surface area contributed by atoms with E-state index in [1.165, 1.54) is 70.3 Å². The van der Waals surface area contributed by atoms with Crippen LogP contribution in [-0.2, 0) is 13.6 Å². The molecule has 4 aromatic carbocycles. The highest BCUT2D eigenvalue weighted by Gasteiger charge is 2.31. The van der Waals surface area contributed by atoms with E-state index in [2.05, 4.69) is 166 Å². The van der Waals surface area contributed by atoms with Crippen LogP contribution in [0.4, 0.5) is 22.7 Å². The Morgan fingerprint density at radius 1 is 0.661 bits per heavy atom. The fourth-order valence-electron chi connectivity index (χ4n) is 8.14. The lowest BCUT2D eigenvalue weighted by Gasteiger charge is -2.29. The topological polar surface area (TPSA) is 40.2 Å². The summed E-state index contributed by atoms with van der Waals surface area (Å²) in [5.41, 5.74) is 9.83. The maximum Gasteiger partial charge on any atom is 0.282 e. The molecule has 0 aliphatic carbocycles. The number of unbranched alkanes of at least 4 members (excludes halogenated alkanes) is 2. The molecular formula is C46H55N6O2S2+. The molecule has 3 aliphatic rings. The van der Waals surface area contributed by atoms with Crippen LogP contribution in [0.15, 0.2) is 91.0 Å². The summed E-state index contributed by atoms with van der Waals surface area (Å²) in [7, 11) is 12.7. The summed E-state index contributed by atoms with van der Waals surface area (Å²) < 4.78 is 16.8. The third kappa shape index (κ3) is 8.23. The van der Waals surface area contributed by atoms with Gasteiger partial charge >= 0.3 is 0 Å². The number of aryl methyl sites for hydroxylation is 2. The van der Waals surface area contributed by atoms with E-state index < -0.39 is 0 Å². The summed E-state index contributed by atoms with van der Waals surface area (Å²) in [5, 5.41) is 0. The zero-order valence-electron chi connectivity index (χ0n) is 33.3. The molecule has 8 nitrogen and oxygen atoms in total. The molecule has 1 unspecified atom stereocenters. The highest BCUT2D eigenvalue weighted by molar-refractivity contribution is 8.76. The molecule has 0 N–H and O–H groups in total. The van der Waals surface area contributed by atoms with Crippen molar-refractivity contribution in [3.63, 3.8) is 0 Å². The van der Waals surface area contributed by atoms with E-state index in [0.29, 0.717) is 0 Å². The van der Waals surface area contributed by atoms with Crippen LogP contribution in [0.25, 0.3) is 29.3 Å². The predicted octanol–water partition coefficient (Wildman–Crippen LogP) is 9.23. The number of ether oxygens (including phenoxy) is 2. The van der Waals surface area contributed by atoms with Crippen LogP contribution < -0.4 is 33.6 Å². The molecule has 0 bridgehead atoms. The minimum absolute atomic E-state index is 0.185. The summed E-state index contributed by atoms with van der Waals surface area (Å²) >= 11 is 0. The summed E-state index contributed by atoms with van der Waals surface area (Å²) in [6.07, 6.45) is 14.0. The molecule has 3 aliphatic heterocycles. The molecule has 1 atom stereocenters. The van der Waals surface area contributed by atoms with Gasteiger partial charge in [-0.25, -0.2) is 9.13 Å². The molecule has 0 fully saturated rings. The largest absolute Gasteiger partial charge is 0.490 e. The smallest absolute Gasteiger partial charge is 0.282 e. The van der Waals surface area contributed by atoms with Crippen molar-refractivity contribution in [2.24, 2.45) is 7.05 Å². The minimum Gasteiger partial charge on any atom is -0.490 e. The van der Waals surface area contributed by atoms with Gasteiger partial charge in [-0.15, -0.1) is 0 Å². The molecule has 56 heavy (non-hydrogen) atoms. The second-order valence-electron chi connectivity index (χ2n) is 15.0. The van der Waals surface area contributed by atoms with E-state index in [0.717, 1.165) is 68.6 Å². The second kappa shape index (κ2) is 17.6. The fourth-order valence-corrected chi connectivity index (χ4v) is 10.4. The number of imidazole rings is 1. The lowest BCUT2D eigenvalue weighted by atomic mass is 10.1. The quantitative estimate of drug-likeness (QED) is 0.0592. The van der Waals surface area contributed by atoms with Gasteiger partial charge in [-0.2, -0.15) is 0 Å². The van der Waals surface area contributed by atoms with Gasteiger partial charge < -0.3 is 29.1 Å². The van der Waals surface area contributed by atoms with Crippen molar-refractivity contribution in [3.8, 4) is 11.5 Å². The molecule has 0 saturated carbocycles. The van der Waals surface area contributed by atoms with Gasteiger partial charge in [0.05, 0.1) is 49.4 Å². The van der Waals surface area contributed by atoms with Gasteiger partial charge in [0.1, 0.15) is 30.9 Å². The van der Waals surface area contributed by atoms with Gasteiger partial charge in [-0.1, -0.05) is 64.1 Å². The first-order chi connectivity index (χ1) is 27.5. The fraction of sp³-hybridized carbons (Fsp3) is 0.370. The number of aromatic nitrogens is 2. The van der Waals surface area contributed by atoms with Crippen LogP contribution in [-0.4, -0.2) is 76.2 Å². The van der Waals surface area contributed by atoms with Crippen LogP contribution in [0.1, 0.15) is 42.6 Å². The second-order valence-corrected chi connectivity index (χ2v) is 17.7. The van der Waals surface area contributed by atoms with Crippen LogP contribution >= 0.6 is 21.6 Å². The Morgan fingerprint density at radius 2 is 1.27 bits per heavy atom. The number of para-hydroxylation sites is 4. The van der Waals surface area contributed by atoms with Gasteiger partial charge in [0.25, 0.3) is 5.82 Å². The number of hydrogen-bond donors (Lipinski definition) is 0. The van der Waals surface area contributed by atoms with E-state index >= 15 is 0 Å². The number of anilines is 4. The maximum absolute atomic E-state index is 5.98. The van der Waals surface area contributed by atoms with Crippen molar-refractivity contribution in [1.82, 2.24) is 4.57 Å². The number of likely N-dealkylation sites (N-methyl/N-ethyl adjacent to an activating group) is 3. The van der Waals surface area contributed by atoms with Crippen molar-refractivity contribution in [2.75, 3.05) is 85.1 Å². The Labute approximate surface area is 340 Å². The summed E-state index contributed by atoms with van der Waals surface area (Å²) in [5.74, 6) is 5.51. The predicted molar refractivity (Wildman–Crippen MR) is 241 cm³/mol. The molecule has 0 saturated heterocycles. The average Bonchev–Trinajstić information content (AvgIpc) is 3.65. The van der Waals surface area contributed by atoms with Crippen molar-refractivity contribution in [2.45, 2.75) is 38.4 Å². The number of fused-ring (bicyclic) bond motifs is 4. The molecular weight excluding hydrogens is 733 g/mol. The maximum atomic E-state index is 5.98. The molecule has 292 valence electrons. The summed E-state index contributed by atoms with van der Waals surface area (Å²) in [6, 6.07) is 30.7. The SMILES string of the molecule is CN1CCOc2cc(C=Cc3n(CCCCSSCCCCN4c5ccccc5N(C)C4C=Cc4ccc5c(c4)OCCN5C)c4ccccc4[n+]3C)ccc21. The van der Waals surface area contributed by atoms with E-state index in [9.17, 15) is 0 Å². The van der Waals surface area contributed by atoms with Crippen molar-refractivity contribution in [1.29, 1.82) is 0 Å². The van der Waals surface area contributed by atoms with Crippen molar-refractivity contribution >= 4 is 73.6 Å². The molecule has 1 aromatic heterocycles. The first kappa shape index (κ1) is 38.2.